The molecule has 2 aliphatic rings. The number of nitrogens with zero attached hydrogens (tertiary/aromatic N) is 3. The Bertz CT molecular complexity index is 724. The Labute approximate surface area is 149 Å². The van der Waals surface area contributed by atoms with Crippen LogP contribution in [0, 0.1) is 0 Å². The number of alkyl carbamates (subject to hydrolysis) is 1. The van der Waals surface area contributed by atoms with Crippen molar-refractivity contribution in [1.82, 2.24) is 20.4 Å². The van der Waals surface area contributed by atoms with Gasteiger partial charge in [-0.2, -0.15) is 5.10 Å². The number of carbonyl (C=O) groups excluding carboxylic acids is 2. The molecule has 2 N–H and O–H groups in total. The molecule has 9 nitrogen and oxygen atoms in total. The maximum absolute atomic E-state index is 12.0. The summed E-state index contributed by atoms with van der Waals surface area (Å²) in [6.45, 7) is 3.73. The first kappa shape index (κ1) is 17.5. The molecule has 0 aromatic carbocycles. The highest BCUT2D eigenvalue weighted by Gasteiger charge is 2.30. The molecular formula is C15H20ClN5O4. The van der Waals surface area contributed by atoms with Gasteiger partial charge in [0.2, 0.25) is 5.91 Å². The maximum Gasteiger partial charge on any atom is 0.407 e. The van der Waals surface area contributed by atoms with Gasteiger partial charge < -0.3 is 19.9 Å². The minimum Gasteiger partial charge on any atom is -0.444 e. The highest BCUT2D eigenvalue weighted by atomic mass is 35.5. The van der Waals surface area contributed by atoms with E-state index in [0.29, 0.717) is 38.3 Å². The molecule has 2 saturated heterocycles. The number of hydrogen-bond donors (Lipinski definition) is 2. The van der Waals surface area contributed by atoms with E-state index in [9.17, 15) is 14.4 Å². The average molecular weight is 370 g/mol. The molecule has 0 bridgehead atoms. The van der Waals surface area contributed by atoms with Gasteiger partial charge in [-0.1, -0.05) is 11.6 Å². The van der Waals surface area contributed by atoms with E-state index >= 15 is 0 Å². The number of nitrogens with one attached hydrogen (secondary N) is 2. The minimum atomic E-state index is -0.489. The van der Waals surface area contributed by atoms with Gasteiger partial charge in [0.1, 0.15) is 11.1 Å². The van der Waals surface area contributed by atoms with Crippen LogP contribution in [-0.2, 0) is 9.53 Å². The molecule has 2 fully saturated rings. The molecule has 3 heterocycles. The fourth-order valence-corrected chi connectivity index (χ4v) is 3.36. The quantitative estimate of drug-likeness (QED) is 0.796. The van der Waals surface area contributed by atoms with Crippen molar-refractivity contribution in [1.29, 1.82) is 0 Å². The molecule has 136 valence electrons. The number of H-pyrrole nitrogens is 1. The van der Waals surface area contributed by atoms with Crippen LogP contribution in [0.15, 0.2) is 11.0 Å². The van der Waals surface area contributed by atoms with Crippen LogP contribution in [0.3, 0.4) is 0 Å². The van der Waals surface area contributed by atoms with Gasteiger partial charge in [0.15, 0.2) is 0 Å². The van der Waals surface area contributed by atoms with Crippen LogP contribution in [0.25, 0.3) is 0 Å². The van der Waals surface area contributed by atoms with Gasteiger partial charge in [0.05, 0.1) is 24.5 Å². The average Bonchev–Trinajstić information content (AvgIpc) is 3.19. The van der Waals surface area contributed by atoms with Crippen molar-refractivity contribution < 1.29 is 14.3 Å². The zero-order valence-electron chi connectivity index (χ0n) is 13.8. The molecule has 0 spiro atoms. The van der Waals surface area contributed by atoms with Crippen LogP contribution in [0.2, 0.25) is 5.02 Å². The first-order chi connectivity index (χ1) is 11.9. The monoisotopic (exact) mass is 369 g/mol. The summed E-state index contributed by atoms with van der Waals surface area (Å²) in [5.74, 6) is 0.00689. The van der Waals surface area contributed by atoms with Crippen LogP contribution in [0.5, 0.6) is 0 Å². The number of likely N-dealkylation sites (tertiary alicyclic amines) is 1. The van der Waals surface area contributed by atoms with E-state index in [4.69, 9.17) is 16.3 Å². The Morgan fingerprint density at radius 2 is 2.16 bits per heavy atom. The lowest BCUT2D eigenvalue weighted by Crippen LogP contribution is -2.40. The Kier molecular flexibility index (Phi) is 5.12. The second-order valence-electron chi connectivity index (χ2n) is 6.26. The molecule has 0 unspecified atom stereocenters. The molecule has 2 atom stereocenters. The number of aromatic nitrogens is 2. The van der Waals surface area contributed by atoms with Gasteiger partial charge in [0.25, 0.3) is 5.56 Å². The summed E-state index contributed by atoms with van der Waals surface area (Å²) >= 11 is 6.00. The third kappa shape index (κ3) is 4.04. The van der Waals surface area contributed by atoms with E-state index in [1.165, 1.54) is 13.1 Å². The van der Waals surface area contributed by atoms with Crippen LogP contribution in [0.1, 0.15) is 19.8 Å². The second kappa shape index (κ2) is 7.30. The van der Waals surface area contributed by atoms with Gasteiger partial charge in [-0.05, 0) is 6.42 Å². The lowest BCUT2D eigenvalue weighted by Gasteiger charge is -2.19. The summed E-state index contributed by atoms with van der Waals surface area (Å²) in [4.78, 5) is 38.5. The summed E-state index contributed by atoms with van der Waals surface area (Å²) in [6.07, 6.45) is 2.07. The Hall–Kier alpha value is -2.29. The number of rotatable bonds is 3. The summed E-state index contributed by atoms with van der Waals surface area (Å²) in [6, 6.07) is -0.0831. The fourth-order valence-electron chi connectivity index (χ4n) is 3.15. The van der Waals surface area contributed by atoms with E-state index in [-0.39, 0.29) is 23.1 Å². The van der Waals surface area contributed by atoms with E-state index in [2.05, 4.69) is 15.5 Å². The topological polar surface area (TPSA) is 108 Å². The van der Waals surface area contributed by atoms with Crippen molar-refractivity contribution in [2.24, 2.45) is 0 Å². The molecule has 2 aliphatic heterocycles. The molecule has 3 rings (SSSR count). The van der Waals surface area contributed by atoms with Crippen molar-refractivity contribution in [3.63, 3.8) is 0 Å². The Balaban J connectivity index is 1.50. The smallest absolute Gasteiger partial charge is 0.407 e. The molecular weight excluding hydrogens is 350 g/mol. The number of carbonyl (C=O) groups is 2. The van der Waals surface area contributed by atoms with Gasteiger partial charge in [-0.25, -0.2) is 9.89 Å². The number of ether oxygens (including phenoxy) is 1. The van der Waals surface area contributed by atoms with E-state index < -0.39 is 11.7 Å². The van der Waals surface area contributed by atoms with Crippen LogP contribution >= 0.6 is 11.6 Å². The van der Waals surface area contributed by atoms with Gasteiger partial charge in [0, 0.05) is 33.0 Å². The van der Waals surface area contributed by atoms with Crippen molar-refractivity contribution in [3.05, 3.63) is 21.6 Å². The number of amides is 2. The molecule has 25 heavy (non-hydrogen) atoms. The van der Waals surface area contributed by atoms with Gasteiger partial charge in [-0.15, -0.1) is 0 Å². The fraction of sp³-hybridized carbons (Fsp3) is 0.600. The predicted octanol–water partition coefficient (Wildman–Crippen LogP) is 0.349. The number of anilines is 1. The lowest BCUT2D eigenvalue weighted by molar-refractivity contribution is -0.127. The third-order valence-electron chi connectivity index (χ3n) is 4.49. The van der Waals surface area contributed by atoms with Crippen molar-refractivity contribution >= 4 is 29.3 Å². The van der Waals surface area contributed by atoms with Crippen molar-refractivity contribution in [2.45, 2.75) is 31.9 Å². The number of hydrogen-bond acceptors (Lipinski definition) is 6. The molecule has 10 heteroatoms. The van der Waals surface area contributed by atoms with E-state index in [1.54, 1.807) is 4.90 Å². The molecule has 2 amide bonds. The van der Waals surface area contributed by atoms with Crippen LogP contribution < -0.4 is 15.8 Å². The molecule has 0 aliphatic carbocycles. The van der Waals surface area contributed by atoms with E-state index in [0.717, 1.165) is 6.42 Å². The largest absolute Gasteiger partial charge is 0.444 e. The van der Waals surface area contributed by atoms with Crippen LogP contribution in [0.4, 0.5) is 10.5 Å². The minimum absolute atomic E-state index is 0.00689. The maximum atomic E-state index is 12.0. The van der Waals surface area contributed by atoms with Gasteiger partial charge >= 0.3 is 6.09 Å². The highest BCUT2D eigenvalue weighted by Crippen LogP contribution is 2.25. The molecule has 0 saturated carbocycles. The Morgan fingerprint density at radius 1 is 1.36 bits per heavy atom. The molecule has 1 aromatic heterocycles. The summed E-state index contributed by atoms with van der Waals surface area (Å²) in [5.41, 5.74) is 0.0855. The second-order valence-corrected chi connectivity index (χ2v) is 6.63. The van der Waals surface area contributed by atoms with E-state index in [1.807, 2.05) is 4.90 Å². The summed E-state index contributed by atoms with van der Waals surface area (Å²) in [7, 11) is 0. The first-order valence-electron chi connectivity index (χ1n) is 8.15. The lowest BCUT2D eigenvalue weighted by atomic mass is 10.3. The summed E-state index contributed by atoms with van der Waals surface area (Å²) in [5, 5.41) is 8.90. The molecule has 0 radical (unpaired) electrons. The zero-order chi connectivity index (χ0) is 18.0. The Morgan fingerprint density at radius 3 is 2.88 bits per heavy atom. The zero-order valence-corrected chi connectivity index (χ0v) is 14.6. The number of aromatic amines is 1. The highest BCUT2D eigenvalue weighted by molar-refractivity contribution is 6.33. The normalized spacial score (nSPS) is 23.0. The number of halogens is 1. The van der Waals surface area contributed by atoms with Crippen LogP contribution in [-0.4, -0.2) is 65.4 Å². The predicted molar refractivity (Wildman–Crippen MR) is 90.8 cm³/mol. The van der Waals surface area contributed by atoms with Crippen molar-refractivity contribution in [3.8, 4) is 0 Å². The first-order valence-corrected chi connectivity index (χ1v) is 8.52. The third-order valence-corrected chi connectivity index (χ3v) is 4.86. The summed E-state index contributed by atoms with van der Waals surface area (Å²) < 4.78 is 5.45. The SMILES string of the molecule is CC(=O)N1CC[C@@H](NC(=O)O[C@@H]2CCN(c3cn[nH]c(=O)c3Cl)C2)C1. The van der Waals surface area contributed by atoms with Crippen molar-refractivity contribution in [2.75, 3.05) is 31.1 Å². The molecule has 1 aromatic rings. The standard InChI is InChI=1S/C15H20ClN5O4/c1-9(22)20-4-2-10(7-20)18-15(24)25-11-3-5-21(8-11)12-6-17-19-14(23)13(12)16/h6,10-11H,2-5,7-8H2,1H3,(H,18,24)(H,19,23)/t10-,11-/m1/s1. The van der Waals surface area contributed by atoms with Gasteiger partial charge in [-0.3, -0.25) is 9.59 Å².